The van der Waals surface area contributed by atoms with Crippen molar-refractivity contribution in [3.63, 3.8) is 0 Å². The summed E-state index contributed by atoms with van der Waals surface area (Å²) in [6, 6.07) is 16.7. The van der Waals surface area contributed by atoms with E-state index in [9.17, 15) is 0 Å². The molecule has 0 spiro atoms. The molecular weight excluding hydrogens is 338 g/mol. The van der Waals surface area contributed by atoms with Gasteiger partial charge < -0.3 is 5.73 Å². The number of allylic oxidation sites excluding steroid dienone is 8. The lowest BCUT2D eigenvalue weighted by molar-refractivity contribution is 0.542. The van der Waals surface area contributed by atoms with E-state index in [4.69, 9.17) is 5.73 Å². The number of hydrogen-bond acceptors (Lipinski definition) is 1. The molecule has 2 aliphatic rings. The Hall–Kier alpha value is -3.06. The Morgan fingerprint density at radius 3 is 2.68 bits per heavy atom. The number of rotatable bonds is 3. The Kier molecular flexibility index (Phi) is 5.16. The van der Waals surface area contributed by atoms with Crippen molar-refractivity contribution in [1.29, 1.82) is 0 Å². The largest absolute Gasteiger partial charge is 0.399 e. The Bertz CT molecular complexity index is 999. The second-order valence-electron chi connectivity index (χ2n) is 7.56. The maximum Gasteiger partial charge on any atom is 0.0314 e. The van der Waals surface area contributed by atoms with Crippen LogP contribution in [0.1, 0.15) is 36.5 Å². The van der Waals surface area contributed by atoms with Crippen LogP contribution in [0.4, 0.5) is 5.69 Å². The molecule has 2 aromatic carbocycles. The van der Waals surface area contributed by atoms with E-state index in [1.165, 1.54) is 27.8 Å². The third-order valence-electron chi connectivity index (χ3n) is 5.74. The summed E-state index contributed by atoms with van der Waals surface area (Å²) < 4.78 is 0. The molecule has 28 heavy (non-hydrogen) atoms. The maximum atomic E-state index is 5.88. The van der Waals surface area contributed by atoms with Gasteiger partial charge in [-0.25, -0.2) is 0 Å². The SMILES string of the molecule is C=C1C2=CC(c3ccc(N)cc3)=CCC2C(C=CCC)/C=C\c2ccccc21. The monoisotopic (exact) mass is 365 g/mol. The van der Waals surface area contributed by atoms with E-state index < -0.39 is 0 Å². The molecule has 1 nitrogen and oxygen atoms in total. The van der Waals surface area contributed by atoms with Gasteiger partial charge in [-0.05, 0) is 64.3 Å². The molecule has 2 aliphatic carbocycles. The molecule has 0 aliphatic heterocycles. The summed E-state index contributed by atoms with van der Waals surface area (Å²) in [5.41, 5.74) is 14.1. The second-order valence-corrected chi connectivity index (χ2v) is 7.56. The minimum Gasteiger partial charge on any atom is -0.399 e. The first-order valence-corrected chi connectivity index (χ1v) is 10.1. The lowest BCUT2D eigenvalue weighted by Crippen LogP contribution is -2.18. The fourth-order valence-corrected chi connectivity index (χ4v) is 4.18. The highest BCUT2D eigenvalue weighted by atomic mass is 14.5. The van der Waals surface area contributed by atoms with Crippen molar-refractivity contribution < 1.29 is 0 Å². The van der Waals surface area contributed by atoms with Gasteiger partial charge in [0, 0.05) is 11.6 Å². The zero-order chi connectivity index (χ0) is 19.5. The van der Waals surface area contributed by atoms with E-state index >= 15 is 0 Å². The van der Waals surface area contributed by atoms with Crippen LogP contribution in [-0.4, -0.2) is 0 Å². The van der Waals surface area contributed by atoms with E-state index in [1.54, 1.807) is 0 Å². The summed E-state index contributed by atoms with van der Waals surface area (Å²) in [6.07, 6.45) is 16.0. The van der Waals surface area contributed by atoms with Crippen LogP contribution >= 0.6 is 0 Å². The highest BCUT2D eigenvalue weighted by molar-refractivity contribution is 5.89. The van der Waals surface area contributed by atoms with E-state index in [-0.39, 0.29) is 0 Å². The van der Waals surface area contributed by atoms with Crippen molar-refractivity contribution in [1.82, 2.24) is 0 Å². The number of nitrogens with two attached hydrogens (primary N) is 1. The van der Waals surface area contributed by atoms with E-state index in [2.05, 4.69) is 86.4 Å². The number of fused-ring (bicyclic) bond motifs is 2. The van der Waals surface area contributed by atoms with E-state index in [0.717, 1.165) is 24.1 Å². The minimum absolute atomic E-state index is 0.375. The van der Waals surface area contributed by atoms with Gasteiger partial charge in [0.2, 0.25) is 0 Å². The summed E-state index contributed by atoms with van der Waals surface area (Å²) in [5.74, 6) is 0.790. The van der Waals surface area contributed by atoms with Crippen LogP contribution in [0.5, 0.6) is 0 Å². The summed E-state index contributed by atoms with van der Waals surface area (Å²) >= 11 is 0. The van der Waals surface area contributed by atoms with Gasteiger partial charge in [0.05, 0.1) is 0 Å². The Morgan fingerprint density at radius 2 is 1.89 bits per heavy atom. The number of nitrogen functional groups attached to an aromatic ring is 1. The molecule has 2 aromatic rings. The molecule has 0 aromatic heterocycles. The summed E-state index contributed by atoms with van der Waals surface area (Å²) in [5, 5.41) is 0. The Balaban J connectivity index is 1.81. The molecule has 0 heterocycles. The van der Waals surface area contributed by atoms with Gasteiger partial charge in [0.25, 0.3) is 0 Å². The quantitative estimate of drug-likeness (QED) is 0.463. The summed E-state index contributed by atoms with van der Waals surface area (Å²) in [7, 11) is 0. The van der Waals surface area contributed by atoms with Gasteiger partial charge in [-0.3, -0.25) is 0 Å². The van der Waals surface area contributed by atoms with Crippen molar-refractivity contribution in [2.75, 3.05) is 5.73 Å². The highest BCUT2D eigenvalue weighted by Gasteiger charge is 2.28. The topological polar surface area (TPSA) is 26.0 Å². The van der Waals surface area contributed by atoms with E-state index in [0.29, 0.717) is 11.8 Å². The molecule has 0 saturated carbocycles. The minimum atomic E-state index is 0.375. The molecule has 4 rings (SSSR count). The average Bonchev–Trinajstić information content (AvgIpc) is 2.73. The first-order chi connectivity index (χ1) is 13.7. The Morgan fingerprint density at radius 1 is 1.11 bits per heavy atom. The molecule has 1 heteroatoms. The lowest BCUT2D eigenvalue weighted by atomic mass is 9.72. The first kappa shape index (κ1) is 18.3. The fraction of sp³-hybridized carbons (Fsp3) is 0.185. The van der Waals surface area contributed by atoms with Gasteiger partial charge in [-0.15, -0.1) is 0 Å². The van der Waals surface area contributed by atoms with Gasteiger partial charge in [0.15, 0.2) is 0 Å². The molecule has 140 valence electrons. The second kappa shape index (κ2) is 7.90. The van der Waals surface area contributed by atoms with Gasteiger partial charge in [-0.1, -0.05) is 86.4 Å². The predicted octanol–water partition coefficient (Wildman–Crippen LogP) is 6.92. The molecular formula is C27H27N. The molecule has 0 fully saturated rings. The van der Waals surface area contributed by atoms with Gasteiger partial charge >= 0.3 is 0 Å². The van der Waals surface area contributed by atoms with Crippen LogP contribution in [0.2, 0.25) is 0 Å². The number of benzene rings is 2. The van der Waals surface area contributed by atoms with Crippen molar-refractivity contribution >= 4 is 22.9 Å². The molecule has 0 amide bonds. The predicted molar refractivity (Wildman–Crippen MR) is 122 cm³/mol. The zero-order valence-electron chi connectivity index (χ0n) is 16.4. The highest BCUT2D eigenvalue weighted by Crippen LogP contribution is 2.43. The molecule has 2 atom stereocenters. The fourth-order valence-electron chi connectivity index (χ4n) is 4.18. The van der Waals surface area contributed by atoms with Crippen LogP contribution in [-0.2, 0) is 0 Å². The van der Waals surface area contributed by atoms with Crippen molar-refractivity contribution in [2.45, 2.75) is 19.8 Å². The zero-order valence-corrected chi connectivity index (χ0v) is 16.4. The van der Waals surface area contributed by atoms with Crippen LogP contribution < -0.4 is 5.73 Å². The molecule has 0 radical (unpaired) electrons. The van der Waals surface area contributed by atoms with Crippen molar-refractivity contribution in [2.24, 2.45) is 11.8 Å². The smallest absolute Gasteiger partial charge is 0.0314 e. The number of anilines is 1. The van der Waals surface area contributed by atoms with Crippen LogP contribution in [0.15, 0.2) is 91.1 Å². The first-order valence-electron chi connectivity index (χ1n) is 10.1. The van der Waals surface area contributed by atoms with Crippen LogP contribution in [0.3, 0.4) is 0 Å². The summed E-state index contributed by atoms with van der Waals surface area (Å²) in [4.78, 5) is 0. The molecule has 0 saturated heterocycles. The van der Waals surface area contributed by atoms with Gasteiger partial charge in [-0.2, -0.15) is 0 Å². The molecule has 2 N–H and O–H groups in total. The average molecular weight is 366 g/mol. The number of hydrogen-bond donors (Lipinski definition) is 1. The van der Waals surface area contributed by atoms with Crippen LogP contribution in [0.25, 0.3) is 17.2 Å². The molecule has 0 bridgehead atoms. The third-order valence-corrected chi connectivity index (χ3v) is 5.74. The molecule has 2 unspecified atom stereocenters. The van der Waals surface area contributed by atoms with E-state index in [1.807, 2.05) is 12.1 Å². The van der Waals surface area contributed by atoms with Gasteiger partial charge in [0.1, 0.15) is 0 Å². The van der Waals surface area contributed by atoms with Crippen LogP contribution in [0, 0.1) is 11.8 Å². The normalized spacial score (nSPS) is 22.5. The third kappa shape index (κ3) is 3.53. The van der Waals surface area contributed by atoms with Crippen molar-refractivity contribution in [3.8, 4) is 0 Å². The summed E-state index contributed by atoms with van der Waals surface area (Å²) in [6.45, 7) is 6.71. The lowest BCUT2D eigenvalue weighted by Gasteiger charge is -2.32. The van der Waals surface area contributed by atoms with Crippen molar-refractivity contribution in [3.05, 3.63) is 108 Å². The Labute approximate surface area is 168 Å². The maximum absolute atomic E-state index is 5.88. The standard InChI is InChI=1S/C27H27N/c1-3-4-7-22-11-10-21-8-5-6-9-25(21)19(2)27-18-23(14-17-26(22)27)20-12-15-24(28)16-13-20/h4-16,18,22,26H,2-3,17,28H2,1H3/b7-4?,11-10-.